The van der Waals surface area contributed by atoms with E-state index < -0.39 is 0 Å². The van der Waals surface area contributed by atoms with Crippen molar-refractivity contribution < 1.29 is 37.9 Å². The van der Waals surface area contributed by atoms with E-state index >= 15 is 0 Å². The van der Waals surface area contributed by atoms with Gasteiger partial charge in [0.2, 0.25) is 0 Å². The molecule has 0 amide bonds. The van der Waals surface area contributed by atoms with Gasteiger partial charge in [0.15, 0.2) is 0 Å². The Morgan fingerprint density at radius 2 is 0.855 bits per heavy atom. The molecule has 2 aliphatic heterocycles. The van der Waals surface area contributed by atoms with Gasteiger partial charge < -0.3 is 37.9 Å². The summed E-state index contributed by atoms with van der Waals surface area (Å²) in [4.78, 5) is 6.64. The smallest absolute Gasteiger partial charge is 0.126 e. The lowest BCUT2D eigenvalue weighted by atomic mass is 9.91. The number of pyridine rings is 1. The molecular formula is C52H64N2O8. The summed E-state index contributed by atoms with van der Waals surface area (Å²) in [6.45, 7) is 12.7. The monoisotopic (exact) mass is 844 g/mol. The van der Waals surface area contributed by atoms with Crippen LogP contribution in [0.2, 0.25) is 0 Å². The lowest BCUT2D eigenvalue weighted by Crippen LogP contribution is -2.31. The predicted molar refractivity (Wildman–Crippen MR) is 242 cm³/mol. The molecule has 0 radical (unpaired) electrons. The van der Waals surface area contributed by atoms with Crippen LogP contribution in [0.1, 0.15) is 76.8 Å². The van der Waals surface area contributed by atoms with Gasteiger partial charge in [0.05, 0.1) is 66.1 Å². The maximum absolute atomic E-state index is 6.76. The summed E-state index contributed by atoms with van der Waals surface area (Å²) in [5.74, 6) is 3.61. The van der Waals surface area contributed by atoms with Crippen molar-refractivity contribution in [2.45, 2.75) is 58.9 Å². The van der Waals surface area contributed by atoms with Crippen LogP contribution in [0.5, 0.6) is 23.0 Å². The Morgan fingerprint density at radius 1 is 0.468 bits per heavy atom. The molecule has 0 fully saturated rings. The van der Waals surface area contributed by atoms with Crippen molar-refractivity contribution in [1.29, 1.82) is 0 Å². The Labute approximate surface area is 368 Å². The van der Waals surface area contributed by atoms with E-state index in [0.717, 1.165) is 106 Å². The molecule has 0 unspecified atom stereocenters. The summed E-state index contributed by atoms with van der Waals surface area (Å²) in [5, 5.41) is 0. The molecular weight excluding hydrogens is 781 g/mol. The maximum atomic E-state index is 6.76. The fourth-order valence-corrected chi connectivity index (χ4v) is 8.09. The van der Waals surface area contributed by atoms with Gasteiger partial charge in [0.1, 0.15) is 36.2 Å². The molecule has 62 heavy (non-hydrogen) atoms. The molecule has 330 valence electrons. The molecule has 5 aromatic rings. The summed E-state index contributed by atoms with van der Waals surface area (Å²) < 4.78 is 51.0. The number of para-hydroxylation sites is 4. The van der Waals surface area contributed by atoms with E-state index in [4.69, 9.17) is 37.9 Å². The molecule has 1 aliphatic carbocycles. The fraction of sp³-hybridized carbons (Fsp3) is 0.442. The number of benzene rings is 4. The first kappa shape index (κ1) is 45.1. The largest absolute Gasteiger partial charge is 0.493 e. The van der Waals surface area contributed by atoms with E-state index in [9.17, 15) is 0 Å². The second-order valence-electron chi connectivity index (χ2n) is 15.8. The number of nitrogens with zero attached hydrogens (tertiary/aromatic N) is 2. The van der Waals surface area contributed by atoms with E-state index in [1.54, 1.807) is 6.20 Å². The highest BCUT2D eigenvalue weighted by atomic mass is 16.6. The maximum Gasteiger partial charge on any atom is 0.126 e. The summed E-state index contributed by atoms with van der Waals surface area (Å²) >= 11 is 0. The summed E-state index contributed by atoms with van der Waals surface area (Å²) in [5.41, 5.74) is 10.0. The van der Waals surface area contributed by atoms with Crippen LogP contribution in [0.3, 0.4) is 0 Å². The third-order valence-corrected chi connectivity index (χ3v) is 11.1. The van der Waals surface area contributed by atoms with E-state index in [2.05, 4.69) is 103 Å². The first-order valence-electron chi connectivity index (χ1n) is 22.6. The molecule has 3 aliphatic rings. The van der Waals surface area contributed by atoms with Crippen LogP contribution in [-0.4, -0.2) is 102 Å². The number of ether oxygens (including phenoxy) is 8. The van der Waals surface area contributed by atoms with Gasteiger partial charge in [-0.25, -0.2) is 0 Å². The second kappa shape index (κ2) is 24.6. The van der Waals surface area contributed by atoms with E-state index in [1.165, 1.54) is 0 Å². The zero-order chi connectivity index (χ0) is 42.6. The van der Waals surface area contributed by atoms with Crippen molar-refractivity contribution in [3.63, 3.8) is 0 Å². The van der Waals surface area contributed by atoms with Crippen molar-refractivity contribution in [3.05, 3.63) is 147 Å². The molecule has 0 saturated heterocycles. The standard InChI is InChI=1S/C52H64N2O8/c1-3-22-59-49-41-11-5-12-42(49)35-46-16-8-18-48-37-44-14-6-13-43(50(44)60-23-4-2)36-47-17-7-15-45(34-41)51(47)61-32-30-57-28-26-55-24-20-54(39-40-10-9-19-53-38-40)21-25-56-27-29-58-31-33-62-52(46)48/h5-19,38H,3-4,20-37,39H2,1-2H3. The van der Waals surface area contributed by atoms with Crippen molar-refractivity contribution in [2.75, 3.05) is 92.4 Å². The summed E-state index contributed by atoms with van der Waals surface area (Å²) in [6, 6.07) is 30.1. The molecule has 10 nitrogen and oxygen atoms in total. The molecule has 3 heterocycles. The molecule has 0 atom stereocenters. The molecule has 0 spiro atoms. The average molecular weight is 845 g/mol. The van der Waals surface area contributed by atoms with Crippen LogP contribution in [0.15, 0.2) is 97.3 Å². The normalized spacial score (nSPS) is 16.4. The fourth-order valence-electron chi connectivity index (χ4n) is 8.09. The van der Waals surface area contributed by atoms with E-state index in [0.29, 0.717) is 105 Å². The van der Waals surface area contributed by atoms with Crippen molar-refractivity contribution in [2.24, 2.45) is 0 Å². The van der Waals surface area contributed by atoms with E-state index in [-0.39, 0.29) is 0 Å². The van der Waals surface area contributed by atoms with Crippen LogP contribution in [0.25, 0.3) is 0 Å². The summed E-state index contributed by atoms with van der Waals surface area (Å²) in [7, 11) is 0. The van der Waals surface area contributed by atoms with Crippen molar-refractivity contribution in [1.82, 2.24) is 9.88 Å². The van der Waals surface area contributed by atoms with Gasteiger partial charge in [0, 0.05) is 57.7 Å². The number of aromatic nitrogens is 1. The van der Waals surface area contributed by atoms with Gasteiger partial charge in [-0.2, -0.15) is 0 Å². The highest BCUT2D eigenvalue weighted by Crippen LogP contribution is 2.39. The van der Waals surface area contributed by atoms with Gasteiger partial charge in [-0.05, 0) is 69.0 Å². The first-order valence-corrected chi connectivity index (χ1v) is 22.6. The third kappa shape index (κ3) is 13.0. The lowest BCUT2D eigenvalue weighted by molar-refractivity contribution is 0.0155. The highest BCUT2D eigenvalue weighted by Gasteiger charge is 2.22. The molecule has 0 N–H and O–H groups in total. The Balaban J connectivity index is 1.22. The van der Waals surface area contributed by atoms with Gasteiger partial charge in [-0.1, -0.05) is 92.7 Å². The Bertz CT molecular complexity index is 1900. The topological polar surface area (TPSA) is 90.0 Å². The van der Waals surface area contributed by atoms with Crippen molar-refractivity contribution in [3.8, 4) is 23.0 Å². The molecule has 0 saturated carbocycles. The minimum Gasteiger partial charge on any atom is -0.493 e. The molecule has 10 bridgehead atoms. The number of fused-ring (bicyclic) bond motifs is 18. The highest BCUT2D eigenvalue weighted by molar-refractivity contribution is 5.56. The average Bonchev–Trinajstić information content (AvgIpc) is 3.28. The van der Waals surface area contributed by atoms with E-state index in [1.807, 2.05) is 12.3 Å². The van der Waals surface area contributed by atoms with Crippen molar-refractivity contribution >= 4 is 0 Å². The predicted octanol–water partition coefficient (Wildman–Crippen LogP) is 8.68. The Morgan fingerprint density at radius 3 is 1.24 bits per heavy atom. The number of rotatable bonds is 8. The van der Waals surface area contributed by atoms with Gasteiger partial charge in [0.25, 0.3) is 0 Å². The van der Waals surface area contributed by atoms with Crippen LogP contribution in [0, 0.1) is 0 Å². The van der Waals surface area contributed by atoms with Crippen LogP contribution in [-0.2, 0) is 51.2 Å². The SMILES string of the molecule is CCCOc1c2cccc1Cc1cccc3c1OCCOCCOCCN(Cc1cccnc1)CCOCCOCCOc1c(cccc1Cc1cccc(c1OCCC)C3)C2. The summed E-state index contributed by atoms with van der Waals surface area (Å²) in [6.07, 6.45) is 8.10. The number of hydrogen-bond acceptors (Lipinski definition) is 10. The van der Waals surface area contributed by atoms with Gasteiger partial charge >= 0.3 is 0 Å². The second-order valence-corrected chi connectivity index (χ2v) is 15.8. The molecule has 1 aromatic heterocycles. The Kier molecular flexibility index (Phi) is 17.9. The first-order chi connectivity index (χ1) is 30.7. The molecule has 4 aromatic carbocycles. The van der Waals surface area contributed by atoms with Crippen LogP contribution in [0.4, 0.5) is 0 Å². The quantitative estimate of drug-likeness (QED) is 0.139. The van der Waals surface area contributed by atoms with Crippen LogP contribution >= 0.6 is 0 Å². The number of hydrogen-bond donors (Lipinski definition) is 0. The van der Waals surface area contributed by atoms with Crippen LogP contribution < -0.4 is 18.9 Å². The zero-order valence-electron chi connectivity index (χ0n) is 36.7. The minimum absolute atomic E-state index is 0.407. The van der Waals surface area contributed by atoms with Gasteiger partial charge in [-0.3, -0.25) is 9.88 Å². The lowest BCUT2D eigenvalue weighted by Gasteiger charge is -2.23. The minimum atomic E-state index is 0.407. The van der Waals surface area contributed by atoms with Gasteiger partial charge in [-0.15, -0.1) is 0 Å². The zero-order valence-corrected chi connectivity index (χ0v) is 36.7. The Hall–Kier alpha value is -4.97. The molecule has 8 rings (SSSR count). The molecule has 10 heteroatoms. The third-order valence-electron chi connectivity index (χ3n) is 11.1.